The summed E-state index contributed by atoms with van der Waals surface area (Å²) in [5.74, 6) is 1.57. The second-order valence-electron chi connectivity index (χ2n) is 4.26. The van der Waals surface area contributed by atoms with Crippen LogP contribution in [0.25, 0.3) is 0 Å². The summed E-state index contributed by atoms with van der Waals surface area (Å²) in [4.78, 5) is 11.9. The van der Waals surface area contributed by atoms with Gasteiger partial charge < -0.3 is 19.8 Å². The molecule has 1 amide bonds. The van der Waals surface area contributed by atoms with E-state index in [-0.39, 0.29) is 18.0 Å². The van der Waals surface area contributed by atoms with Crippen molar-refractivity contribution in [2.45, 2.75) is 25.9 Å². The maximum Gasteiger partial charge on any atom is 0.240 e. The first kappa shape index (κ1) is 12.1. The number of amides is 1. The van der Waals surface area contributed by atoms with Crippen LogP contribution >= 0.6 is 0 Å². The van der Waals surface area contributed by atoms with Crippen LogP contribution in [0.4, 0.5) is 0 Å². The Morgan fingerprint density at radius 1 is 1.59 bits per heavy atom. The Balaban J connectivity index is 1.89. The minimum Gasteiger partial charge on any atom is -0.464 e. The van der Waals surface area contributed by atoms with Crippen molar-refractivity contribution >= 4 is 5.91 Å². The predicted octanol–water partition coefficient (Wildman–Crippen LogP) is 0.754. The lowest BCUT2D eigenvalue weighted by molar-refractivity contribution is -0.126. The van der Waals surface area contributed by atoms with Crippen LogP contribution in [0.15, 0.2) is 16.5 Å². The van der Waals surface area contributed by atoms with E-state index in [1.54, 1.807) is 0 Å². The Hall–Kier alpha value is -1.33. The molecule has 94 valence electrons. The number of aryl methyl sites for hydroxylation is 1. The highest BCUT2D eigenvalue weighted by Crippen LogP contribution is 2.15. The number of rotatable bonds is 3. The van der Waals surface area contributed by atoms with Crippen LogP contribution in [0, 0.1) is 6.92 Å². The van der Waals surface area contributed by atoms with Crippen LogP contribution in [0.5, 0.6) is 0 Å². The fourth-order valence-electron chi connectivity index (χ4n) is 1.81. The third kappa shape index (κ3) is 3.08. The van der Waals surface area contributed by atoms with Crippen LogP contribution in [-0.2, 0) is 9.53 Å². The van der Waals surface area contributed by atoms with Crippen LogP contribution in [0.2, 0.25) is 0 Å². The molecule has 2 rings (SSSR count). The zero-order valence-corrected chi connectivity index (χ0v) is 10.2. The van der Waals surface area contributed by atoms with Gasteiger partial charge in [-0.25, -0.2) is 0 Å². The molecule has 0 saturated carbocycles. The van der Waals surface area contributed by atoms with Gasteiger partial charge in [-0.1, -0.05) is 0 Å². The van der Waals surface area contributed by atoms with E-state index in [9.17, 15) is 4.79 Å². The molecule has 1 fully saturated rings. The zero-order chi connectivity index (χ0) is 12.3. The van der Waals surface area contributed by atoms with Gasteiger partial charge in [0.05, 0.1) is 19.3 Å². The first-order valence-corrected chi connectivity index (χ1v) is 5.84. The van der Waals surface area contributed by atoms with Crippen LogP contribution < -0.4 is 10.6 Å². The molecule has 2 unspecified atom stereocenters. The highest BCUT2D eigenvalue weighted by atomic mass is 16.5. The maximum absolute atomic E-state index is 11.9. The van der Waals surface area contributed by atoms with E-state index in [0.717, 1.165) is 11.5 Å². The molecule has 1 aromatic rings. The lowest BCUT2D eigenvalue weighted by atomic mass is 10.2. The lowest BCUT2D eigenvalue weighted by Gasteiger charge is -2.24. The van der Waals surface area contributed by atoms with Gasteiger partial charge in [0.25, 0.3) is 0 Å². The van der Waals surface area contributed by atoms with E-state index in [1.807, 2.05) is 26.0 Å². The normalized spacial score (nSPS) is 22.1. The van der Waals surface area contributed by atoms with Gasteiger partial charge >= 0.3 is 0 Å². The minimum absolute atomic E-state index is 0.0498. The van der Waals surface area contributed by atoms with E-state index in [1.165, 1.54) is 0 Å². The molecule has 17 heavy (non-hydrogen) atoms. The van der Waals surface area contributed by atoms with Crippen LogP contribution in [0.1, 0.15) is 24.5 Å². The number of carbonyl (C=O) groups excluding carboxylic acids is 1. The minimum atomic E-state index is -0.262. The van der Waals surface area contributed by atoms with Gasteiger partial charge in [0.15, 0.2) is 0 Å². The quantitative estimate of drug-likeness (QED) is 0.815. The lowest BCUT2D eigenvalue weighted by Crippen LogP contribution is -2.51. The van der Waals surface area contributed by atoms with Crippen molar-refractivity contribution in [1.82, 2.24) is 10.6 Å². The fourth-order valence-corrected chi connectivity index (χ4v) is 1.81. The topological polar surface area (TPSA) is 63.5 Å². The molecule has 2 heterocycles. The fraction of sp³-hybridized carbons (Fsp3) is 0.583. The van der Waals surface area contributed by atoms with Crippen LogP contribution in [-0.4, -0.2) is 31.7 Å². The number of carbonyl (C=O) groups is 1. The molecule has 0 aliphatic carbocycles. The van der Waals surface area contributed by atoms with E-state index in [0.29, 0.717) is 19.8 Å². The number of ether oxygens (including phenoxy) is 1. The number of furan rings is 1. The molecule has 1 saturated heterocycles. The number of morpholine rings is 1. The summed E-state index contributed by atoms with van der Waals surface area (Å²) in [6, 6.07) is 3.38. The van der Waals surface area contributed by atoms with E-state index >= 15 is 0 Å². The third-order valence-corrected chi connectivity index (χ3v) is 2.78. The van der Waals surface area contributed by atoms with E-state index < -0.39 is 0 Å². The number of nitrogens with one attached hydrogen (secondary N) is 2. The van der Waals surface area contributed by atoms with Crippen molar-refractivity contribution < 1.29 is 13.9 Å². The van der Waals surface area contributed by atoms with Gasteiger partial charge in [-0.05, 0) is 26.0 Å². The van der Waals surface area contributed by atoms with Crippen molar-refractivity contribution in [2.24, 2.45) is 0 Å². The average Bonchev–Trinajstić information content (AvgIpc) is 2.77. The smallest absolute Gasteiger partial charge is 0.240 e. The number of hydrogen-bond donors (Lipinski definition) is 2. The van der Waals surface area contributed by atoms with Crippen LogP contribution in [0.3, 0.4) is 0 Å². The third-order valence-electron chi connectivity index (χ3n) is 2.78. The van der Waals surface area contributed by atoms with Crippen molar-refractivity contribution in [3.63, 3.8) is 0 Å². The van der Waals surface area contributed by atoms with Gasteiger partial charge in [-0.3, -0.25) is 4.79 Å². The summed E-state index contributed by atoms with van der Waals surface area (Å²) in [6.07, 6.45) is 0. The molecule has 0 bridgehead atoms. The molecule has 1 aliphatic heterocycles. The van der Waals surface area contributed by atoms with Gasteiger partial charge in [0, 0.05) is 6.54 Å². The summed E-state index contributed by atoms with van der Waals surface area (Å²) in [6.45, 7) is 5.59. The highest BCUT2D eigenvalue weighted by molar-refractivity contribution is 5.82. The second-order valence-corrected chi connectivity index (χ2v) is 4.26. The van der Waals surface area contributed by atoms with Crippen molar-refractivity contribution in [1.29, 1.82) is 0 Å². The molecule has 2 N–H and O–H groups in total. The van der Waals surface area contributed by atoms with Gasteiger partial charge in [0.1, 0.15) is 17.6 Å². The molecular formula is C12H18N2O3. The molecule has 2 atom stereocenters. The Bertz CT molecular complexity index is 383. The summed E-state index contributed by atoms with van der Waals surface area (Å²) in [5, 5.41) is 6.02. The average molecular weight is 238 g/mol. The van der Waals surface area contributed by atoms with E-state index in [4.69, 9.17) is 9.15 Å². The summed E-state index contributed by atoms with van der Waals surface area (Å²) in [5.41, 5.74) is 0. The molecule has 0 spiro atoms. The Labute approximate surface area is 101 Å². The standard InChI is InChI=1S/C12H18N2O3/c1-8-3-4-11(17-8)9(2)14-12(15)10-7-16-6-5-13-10/h3-4,9-10,13H,5-7H2,1-2H3,(H,14,15). The maximum atomic E-state index is 11.9. The molecule has 0 aromatic carbocycles. The largest absolute Gasteiger partial charge is 0.464 e. The zero-order valence-electron chi connectivity index (χ0n) is 10.2. The highest BCUT2D eigenvalue weighted by Gasteiger charge is 2.23. The molecule has 5 heteroatoms. The molecular weight excluding hydrogens is 220 g/mol. The summed E-state index contributed by atoms with van der Waals surface area (Å²) < 4.78 is 10.7. The Kier molecular flexibility index (Phi) is 3.81. The molecule has 5 nitrogen and oxygen atoms in total. The summed E-state index contributed by atoms with van der Waals surface area (Å²) in [7, 11) is 0. The van der Waals surface area contributed by atoms with Crippen molar-refractivity contribution in [3.8, 4) is 0 Å². The first-order valence-electron chi connectivity index (χ1n) is 5.84. The molecule has 0 radical (unpaired) electrons. The van der Waals surface area contributed by atoms with E-state index in [2.05, 4.69) is 10.6 Å². The Morgan fingerprint density at radius 2 is 2.41 bits per heavy atom. The van der Waals surface area contributed by atoms with Gasteiger partial charge in [-0.2, -0.15) is 0 Å². The predicted molar refractivity (Wildman–Crippen MR) is 62.6 cm³/mol. The SMILES string of the molecule is Cc1ccc(C(C)NC(=O)C2COCCN2)o1. The first-order chi connectivity index (χ1) is 8.16. The van der Waals surface area contributed by atoms with Gasteiger partial charge in [0.2, 0.25) is 5.91 Å². The van der Waals surface area contributed by atoms with Gasteiger partial charge in [-0.15, -0.1) is 0 Å². The molecule has 1 aromatic heterocycles. The second kappa shape index (κ2) is 5.33. The Morgan fingerprint density at radius 3 is 3.00 bits per heavy atom. The number of hydrogen-bond acceptors (Lipinski definition) is 4. The molecule has 1 aliphatic rings. The van der Waals surface area contributed by atoms with Crippen molar-refractivity contribution in [3.05, 3.63) is 23.7 Å². The van der Waals surface area contributed by atoms with Crippen molar-refractivity contribution in [2.75, 3.05) is 19.8 Å². The monoisotopic (exact) mass is 238 g/mol. The summed E-state index contributed by atoms with van der Waals surface area (Å²) >= 11 is 0.